The lowest BCUT2D eigenvalue weighted by molar-refractivity contribution is -0.130. The van der Waals surface area contributed by atoms with Crippen molar-refractivity contribution >= 4 is 18.0 Å². The van der Waals surface area contributed by atoms with Crippen LogP contribution in [-0.2, 0) is 14.3 Å². The van der Waals surface area contributed by atoms with Crippen molar-refractivity contribution in [3.63, 3.8) is 0 Å². The number of ether oxygens (including phenoxy) is 2. The lowest BCUT2D eigenvalue weighted by Gasteiger charge is -2.20. The number of hydrogen-bond donors (Lipinski definition) is 1. The van der Waals surface area contributed by atoms with Crippen LogP contribution in [0.25, 0.3) is 0 Å². The molecule has 6 nitrogen and oxygen atoms in total. The average molecular weight is 308 g/mol. The molecule has 1 aliphatic heterocycles. The maximum absolute atomic E-state index is 12.0. The van der Waals surface area contributed by atoms with E-state index < -0.39 is 18.1 Å². The number of allylic oxidation sites excluding steroid dienone is 1. The summed E-state index contributed by atoms with van der Waals surface area (Å²) in [6.45, 7) is 11.3. The first kappa shape index (κ1) is 17.9. The molecular weight excluding hydrogens is 284 g/mol. The number of carbonyl (C=O) groups is 2. The van der Waals surface area contributed by atoms with Gasteiger partial charge in [0.15, 0.2) is 5.70 Å². The van der Waals surface area contributed by atoms with Crippen molar-refractivity contribution in [2.75, 3.05) is 6.61 Å². The summed E-state index contributed by atoms with van der Waals surface area (Å²) in [5, 5.41) is 2.67. The maximum atomic E-state index is 12.0. The Morgan fingerprint density at radius 1 is 1.41 bits per heavy atom. The molecule has 1 heterocycles. The molecule has 22 heavy (non-hydrogen) atoms. The van der Waals surface area contributed by atoms with Gasteiger partial charge in [0.2, 0.25) is 5.90 Å². The van der Waals surface area contributed by atoms with Gasteiger partial charge in [-0.15, -0.1) is 0 Å². The SMILES string of the molecule is C=CCOC(=O)NC(C1=NC(=C(CC)CC)C(=O)O1)C(C)C. The summed E-state index contributed by atoms with van der Waals surface area (Å²) in [7, 11) is 0. The van der Waals surface area contributed by atoms with Crippen LogP contribution in [0.5, 0.6) is 0 Å². The van der Waals surface area contributed by atoms with Crippen LogP contribution in [0.3, 0.4) is 0 Å². The van der Waals surface area contributed by atoms with Gasteiger partial charge in [-0.05, 0) is 24.3 Å². The van der Waals surface area contributed by atoms with Crippen molar-refractivity contribution in [3.05, 3.63) is 23.9 Å². The third-order valence-electron chi connectivity index (χ3n) is 3.34. The van der Waals surface area contributed by atoms with Gasteiger partial charge in [0.25, 0.3) is 0 Å². The van der Waals surface area contributed by atoms with E-state index in [9.17, 15) is 9.59 Å². The number of nitrogens with one attached hydrogen (secondary N) is 1. The van der Waals surface area contributed by atoms with Crippen molar-refractivity contribution < 1.29 is 19.1 Å². The molecule has 1 atom stereocenters. The lowest BCUT2D eigenvalue weighted by Crippen LogP contribution is -2.45. The Bertz CT molecular complexity index is 500. The van der Waals surface area contributed by atoms with Crippen LogP contribution in [0.2, 0.25) is 0 Å². The molecule has 1 aliphatic rings. The first-order valence-corrected chi connectivity index (χ1v) is 7.51. The predicted molar refractivity (Wildman–Crippen MR) is 84.4 cm³/mol. The van der Waals surface area contributed by atoms with E-state index in [0.29, 0.717) is 5.70 Å². The zero-order valence-electron chi connectivity index (χ0n) is 13.6. The molecule has 6 heteroatoms. The molecule has 0 aromatic heterocycles. The zero-order valence-corrected chi connectivity index (χ0v) is 13.6. The van der Waals surface area contributed by atoms with E-state index in [1.807, 2.05) is 27.7 Å². The minimum Gasteiger partial charge on any atom is -0.445 e. The standard InChI is InChI=1S/C16H24N2O4/c1-6-9-21-16(20)18-12(10(4)5)14-17-13(15(19)22-14)11(7-2)8-3/h6,10,12H,1,7-9H2,2-5H3,(H,18,20). The number of nitrogens with zero attached hydrogens (tertiary/aromatic N) is 1. The van der Waals surface area contributed by atoms with E-state index in [0.717, 1.165) is 18.4 Å². The van der Waals surface area contributed by atoms with E-state index in [1.54, 1.807) is 0 Å². The summed E-state index contributed by atoms with van der Waals surface area (Å²) >= 11 is 0. The summed E-state index contributed by atoms with van der Waals surface area (Å²) in [5.74, 6) is -0.251. The number of hydrogen-bond acceptors (Lipinski definition) is 5. The smallest absolute Gasteiger partial charge is 0.408 e. The molecule has 0 bridgehead atoms. The third kappa shape index (κ3) is 4.44. The Morgan fingerprint density at radius 2 is 2.05 bits per heavy atom. The fourth-order valence-electron chi connectivity index (χ4n) is 2.08. The van der Waals surface area contributed by atoms with Gasteiger partial charge in [-0.3, -0.25) is 0 Å². The summed E-state index contributed by atoms with van der Waals surface area (Å²) < 4.78 is 10.1. The van der Waals surface area contributed by atoms with Gasteiger partial charge in [-0.2, -0.15) is 0 Å². The van der Waals surface area contributed by atoms with Gasteiger partial charge >= 0.3 is 12.1 Å². The lowest BCUT2D eigenvalue weighted by atomic mass is 10.0. The van der Waals surface area contributed by atoms with E-state index >= 15 is 0 Å². The second-order valence-electron chi connectivity index (χ2n) is 5.25. The Balaban J connectivity index is 2.96. The Labute approximate surface area is 131 Å². The quantitative estimate of drug-likeness (QED) is 0.445. The summed E-state index contributed by atoms with van der Waals surface area (Å²) in [6.07, 6.45) is 2.35. The average Bonchev–Trinajstić information content (AvgIpc) is 2.85. The third-order valence-corrected chi connectivity index (χ3v) is 3.34. The molecule has 0 aromatic rings. The highest BCUT2D eigenvalue weighted by Crippen LogP contribution is 2.23. The van der Waals surface area contributed by atoms with E-state index in [2.05, 4.69) is 16.9 Å². The van der Waals surface area contributed by atoms with Crippen LogP contribution in [0, 0.1) is 5.92 Å². The maximum Gasteiger partial charge on any atom is 0.408 e. The highest BCUT2D eigenvalue weighted by atomic mass is 16.6. The first-order valence-electron chi connectivity index (χ1n) is 7.51. The van der Waals surface area contributed by atoms with Gasteiger partial charge in [0.05, 0.1) is 0 Å². The van der Waals surface area contributed by atoms with Crippen LogP contribution >= 0.6 is 0 Å². The molecule has 1 amide bonds. The minimum absolute atomic E-state index is 0.00566. The highest BCUT2D eigenvalue weighted by Gasteiger charge is 2.33. The molecule has 0 radical (unpaired) electrons. The van der Waals surface area contributed by atoms with Crippen molar-refractivity contribution in [3.8, 4) is 0 Å². The van der Waals surface area contributed by atoms with Crippen LogP contribution in [0.4, 0.5) is 4.79 Å². The van der Waals surface area contributed by atoms with Crippen LogP contribution in [0.1, 0.15) is 40.5 Å². The monoisotopic (exact) mass is 308 g/mol. The molecule has 0 aromatic carbocycles. The second-order valence-corrected chi connectivity index (χ2v) is 5.25. The van der Waals surface area contributed by atoms with E-state index in [-0.39, 0.29) is 18.4 Å². The molecular formula is C16H24N2O4. The Kier molecular flexibility index (Phi) is 6.82. The van der Waals surface area contributed by atoms with Crippen molar-refractivity contribution in [2.45, 2.75) is 46.6 Å². The Hall–Kier alpha value is -2.11. The number of esters is 1. The number of amides is 1. The predicted octanol–water partition coefficient (Wildman–Crippen LogP) is 2.95. The second kappa shape index (κ2) is 8.36. The molecule has 1 rings (SSSR count). The molecule has 1 N–H and O–H groups in total. The first-order chi connectivity index (χ1) is 10.4. The molecule has 0 saturated heterocycles. The van der Waals surface area contributed by atoms with Crippen molar-refractivity contribution in [1.82, 2.24) is 5.32 Å². The van der Waals surface area contributed by atoms with Gasteiger partial charge in [0, 0.05) is 0 Å². The fraction of sp³-hybridized carbons (Fsp3) is 0.562. The Morgan fingerprint density at radius 3 is 2.55 bits per heavy atom. The molecule has 0 aliphatic carbocycles. The van der Waals surface area contributed by atoms with Gasteiger partial charge in [-0.1, -0.05) is 40.3 Å². The zero-order chi connectivity index (χ0) is 16.7. The largest absolute Gasteiger partial charge is 0.445 e. The molecule has 0 saturated carbocycles. The fourth-order valence-corrected chi connectivity index (χ4v) is 2.08. The molecule has 0 fully saturated rings. The van der Waals surface area contributed by atoms with E-state index in [1.165, 1.54) is 6.08 Å². The number of cyclic esters (lactones) is 1. The topological polar surface area (TPSA) is 77.0 Å². The molecule has 0 spiro atoms. The van der Waals surface area contributed by atoms with Gasteiger partial charge < -0.3 is 14.8 Å². The highest BCUT2D eigenvalue weighted by molar-refractivity contribution is 6.07. The number of carbonyl (C=O) groups excluding carboxylic acids is 2. The molecule has 1 unspecified atom stereocenters. The number of rotatable bonds is 7. The van der Waals surface area contributed by atoms with Crippen LogP contribution < -0.4 is 5.32 Å². The normalized spacial score (nSPS) is 15.2. The minimum atomic E-state index is -0.596. The number of alkyl carbamates (subject to hydrolysis) is 1. The summed E-state index contributed by atoms with van der Waals surface area (Å²) in [5.41, 5.74) is 1.30. The summed E-state index contributed by atoms with van der Waals surface area (Å²) in [4.78, 5) is 28.0. The van der Waals surface area contributed by atoms with Crippen molar-refractivity contribution in [1.29, 1.82) is 0 Å². The van der Waals surface area contributed by atoms with Gasteiger partial charge in [0.1, 0.15) is 12.6 Å². The van der Waals surface area contributed by atoms with Gasteiger partial charge in [-0.25, -0.2) is 14.6 Å². The van der Waals surface area contributed by atoms with Crippen LogP contribution in [0.15, 0.2) is 28.9 Å². The number of aliphatic imine (C=N–C) groups is 1. The molecule has 122 valence electrons. The van der Waals surface area contributed by atoms with Crippen molar-refractivity contribution in [2.24, 2.45) is 10.9 Å². The van der Waals surface area contributed by atoms with Crippen LogP contribution in [-0.4, -0.2) is 30.6 Å². The summed E-state index contributed by atoms with van der Waals surface area (Å²) in [6, 6.07) is -0.520. The van der Waals surface area contributed by atoms with E-state index in [4.69, 9.17) is 9.47 Å².